The van der Waals surface area contributed by atoms with Gasteiger partial charge in [-0.2, -0.15) is 0 Å². The van der Waals surface area contributed by atoms with Gasteiger partial charge in [-0.15, -0.1) is 0 Å². The number of Topliss-reactive ketones (excluding diaryl/α,β-unsaturated/α-hetero) is 1. The Hall–Kier alpha value is -6.25. The number of aromatic amines is 1. The number of methoxy groups -OCH3 is 1. The van der Waals surface area contributed by atoms with E-state index in [-0.39, 0.29) is 23.9 Å². The summed E-state index contributed by atoms with van der Waals surface area (Å²) in [4.78, 5) is 90.0. The Kier molecular flexibility index (Phi) is 11.7. The summed E-state index contributed by atoms with van der Waals surface area (Å²) in [5.74, 6) is -1.11. The number of carbonyl (C=O) groups excluding carboxylic acids is 6. The van der Waals surface area contributed by atoms with Crippen LogP contribution in [0, 0.1) is 6.92 Å². The van der Waals surface area contributed by atoms with Crippen LogP contribution in [0.15, 0.2) is 66.7 Å². The first kappa shape index (κ1) is 39.4. The first-order valence-corrected chi connectivity index (χ1v) is 18.6. The van der Waals surface area contributed by atoms with Crippen LogP contribution in [-0.4, -0.2) is 93.8 Å². The van der Waals surface area contributed by atoms with Gasteiger partial charge >= 0.3 is 12.2 Å². The molecule has 0 aliphatic carbocycles. The quantitative estimate of drug-likeness (QED) is 0.149. The highest BCUT2D eigenvalue weighted by molar-refractivity contribution is 6.05. The van der Waals surface area contributed by atoms with E-state index in [2.05, 4.69) is 20.9 Å². The van der Waals surface area contributed by atoms with Crippen molar-refractivity contribution >= 4 is 52.4 Å². The van der Waals surface area contributed by atoms with Crippen molar-refractivity contribution in [3.05, 3.63) is 94.8 Å². The summed E-state index contributed by atoms with van der Waals surface area (Å²) < 4.78 is 10.3. The molecular weight excluding hydrogens is 718 g/mol. The van der Waals surface area contributed by atoms with Gasteiger partial charge in [-0.3, -0.25) is 24.1 Å². The van der Waals surface area contributed by atoms with Crippen LogP contribution in [0.4, 0.5) is 15.3 Å². The Morgan fingerprint density at radius 2 is 1.62 bits per heavy atom. The number of nitrogens with zero attached hydrogens (tertiary/aromatic N) is 3. The summed E-state index contributed by atoms with van der Waals surface area (Å²) in [5, 5.41) is 8.16. The van der Waals surface area contributed by atoms with E-state index in [1.54, 1.807) is 78.6 Å². The normalized spacial score (nSPS) is 17.3. The lowest BCUT2D eigenvalue weighted by atomic mass is 10.0. The molecule has 2 fully saturated rings. The zero-order valence-corrected chi connectivity index (χ0v) is 32.1. The second kappa shape index (κ2) is 16.6. The van der Waals surface area contributed by atoms with Crippen molar-refractivity contribution in [1.82, 2.24) is 30.4 Å². The van der Waals surface area contributed by atoms with Gasteiger partial charge in [0.15, 0.2) is 5.78 Å². The van der Waals surface area contributed by atoms with E-state index in [1.165, 1.54) is 12.0 Å². The summed E-state index contributed by atoms with van der Waals surface area (Å²) in [6, 6.07) is 16.5. The van der Waals surface area contributed by atoms with Crippen molar-refractivity contribution in [1.29, 1.82) is 0 Å². The van der Waals surface area contributed by atoms with Gasteiger partial charge in [-0.25, -0.2) is 14.6 Å². The smallest absolute Gasteiger partial charge is 0.410 e. The number of likely N-dealkylation sites (tertiary alicyclic amines) is 2. The summed E-state index contributed by atoms with van der Waals surface area (Å²) in [7, 11) is 1.21. The summed E-state index contributed by atoms with van der Waals surface area (Å²) in [6.45, 7) is 7.83. The minimum Gasteiger partial charge on any atom is -0.453 e. The van der Waals surface area contributed by atoms with Crippen LogP contribution in [0.3, 0.4) is 0 Å². The number of imidazole rings is 1. The molecule has 4 N–H and O–H groups in total. The van der Waals surface area contributed by atoms with Crippen LogP contribution in [0.1, 0.15) is 96.2 Å². The van der Waals surface area contributed by atoms with Gasteiger partial charge in [0.05, 0.1) is 30.7 Å². The topological polar surface area (TPSA) is 192 Å². The van der Waals surface area contributed by atoms with Crippen molar-refractivity contribution in [2.24, 2.45) is 0 Å². The van der Waals surface area contributed by atoms with E-state index in [9.17, 15) is 28.8 Å². The molecule has 0 unspecified atom stereocenters. The molecule has 1 aromatic heterocycles. The maximum Gasteiger partial charge on any atom is 0.410 e. The number of H-pyrrole nitrogens is 1. The number of ketones is 1. The van der Waals surface area contributed by atoms with Gasteiger partial charge in [0.25, 0.3) is 11.8 Å². The average molecular weight is 766 g/mol. The molecule has 2 aliphatic rings. The molecule has 3 aromatic carbocycles. The number of alkyl carbamates (subject to hydrolysis) is 1. The number of aryl methyl sites for hydroxylation is 1. The number of carbonyl (C=O) groups is 6. The van der Waals surface area contributed by atoms with E-state index < -0.39 is 47.6 Å². The van der Waals surface area contributed by atoms with Gasteiger partial charge in [0.2, 0.25) is 5.91 Å². The van der Waals surface area contributed by atoms with Crippen molar-refractivity contribution in [3.8, 4) is 0 Å². The first-order valence-electron chi connectivity index (χ1n) is 18.6. The van der Waals surface area contributed by atoms with E-state index in [1.807, 2.05) is 20.8 Å². The highest BCUT2D eigenvalue weighted by Crippen LogP contribution is 2.33. The van der Waals surface area contributed by atoms with E-state index in [0.717, 1.165) is 12.8 Å². The molecule has 3 atom stereocenters. The fourth-order valence-electron chi connectivity index (χ4n) is 7.00. The third-order valence-corrected chi connectivity index (χ3v) is 9.85. The van der Waals surface area contributed by atoms with Gasteiger partial charge in [-0.05, 0) is 88.8 Å². The lowest BCUT2D eigenvalue weighted by molar-refractivity contribution is -0.138. The SMILES string of the molecule is COC(=O)N[C@@H](C(=O)N1CCC[C@H]1C(=O)Nc1cc(C(=O)CNC(=O)c2ccc3[nH]c([C@@H]4CCCN4C(=O)OC(C)(C)C)nc3c2)ccc1C)c1ccccc1. The lowest BCUT2D eigenvalue weighted by Gasteiger charge is -2.29. The molecular formula is C41H47N7O8. The Balaban J connectivity index is 1.08. The van der Waals surface area contributed by atoms with Crippen LogP contribution in [0.5, 0.6) is 0 Å². The Morgan fingerprint density at radius 3 is 2.36 bits per heavy atom. The minimum absolute atomic E-state index is 0.274. The second-order valence-electron chi connectivity index (χ2n) is 15.0. The fraction of sp³-hybridized carbons (Fsp3) is 0.390. The number of amides is 5. The van der Waals surface area contributed by atoms with Crippen molar-refractivity contribution in [2.45, 2.75) is 77.1 Å². The third kappa shape index (κ3) is 8.99. The Labute approximate surface area is 324 Å². The molecule has 15 heteroatoms. The molecule has 6 rings (SSSR count). The number of anilines is 1. The molecule has 0 spiro atoms. The number of fused-ring (bicyclic) bond motifs is 1. The molecule has 2 saturated heterocycles. The molecule has 294 valence electrons. The van der Waals surface area contributed by atoms with Crippen LogP contribution in [-0.2, 0) is 19.1 Å². The molecule has 15 nitrogen and oxygen atoms in total. The highest BCUT2D eigenvalue weighted by Gasteiger charge is 2.39. The number of benzene rings is 3. The molecule has 0 saturated carbocycles. The van der Waals surface area contributed by atoms with E-state index in [0.29, 0.717) is 65.2 Å². The lowest BCUT2D eigenvalue weighted by Crippen LogP contribution is -2.48. The van der Waals surface area contributed by atoms with Gasteiger partial charge in [-0.1, -0.05) is 42.5 Å². The van der Waals surface area contributed by atoms with E-state index >= 15 is 0 Å². The summed E-state index contributed by atoms with van der Waals surface area (Å²) >= 11 is 0. The molecule has 0 bridgehead atoms. The number of aromatic nitrogens is 2. The average Bonchev–Trinajstić information content (AvgIpc) is 3.96. The molecule has 56 heavy (non-hydrogen) atoms. The Bertz CT molecular complexity index is 2140. The van der Waals surface area contributed by atoms with Gasteiger partial charge < -0.3 is 35.3 Å². The zero-order chi connectivity index (χ0) is 40.1. The monoisotopic (exact) mass is 765 g/mol. The number of nitrogens with one attached hydrogen (secondary N) is 4. The molecule has 4 aromatic rings. The number of hydrogen-bond acceptors (Lipinski definition) is 9. The van der Waals surface area contributed by atoms with Crippen molar-refractivity contribution in [2.75, 3.05) is 32.1 Å². The molecule has 0 radical (unpaired) electrons. The van der Waals surface area contributed by atoms with Crippen LogP contribution in [0.2, 0.25) is 0 Å². The highest BCUT2D eigenvalue weighted by atomic mass is 16.6. The molecule has 5 amide bonds. The van der Waals surface area contributed by atoms with Crippen LogP contribution < -0.4 is 16.0 Å². The maximum absolute atomic E-state index is 13.8. The summed E-state index contributed by atoms with van der Waals surface area (Å²) in [6.07, 6.45) is 1.36. The van der Waals surface area contributed by atoms with Crippen LogP contribution >= 0.6 is 0 Å². The largest absolute Gasteiger partial charge is 0.453 e. The zero-order valence-electron chi connectivity index (χ0n) is 32.1. The van der Waals surface area contributed by atoms with Gasteiger partial charge in [0, 0.05) is 29.9 Å². The minimum atomic E-state index is -1.05. The predicted octanol–water partition coefficient (Wildman–Crippen LogP) is 5.58. The number of rotatable bonds is 10. The molecule has 3 heterocycles. The number of hydrogen-bond donors (Lipinski definition) is 4. The third-order valence-electron chi connectivity index (χ3n) is 9.85. The van der Waals surface area contributed by atoms with E-state index in [4.69, 9.17) is 14.5 Å². The van der Waals surface area contributed by atoms with Crippen LogP contribution in [0.25, 0.3) is 11.0 Å². The second-order valence-corrected chi connectivity index (χ2v) is 15.0. The van der Waals surface area contributed by atoms with Crippen molar-refractivity contribution in [3.63, 3.8) is 0 Å². The Morgan fingerprint density at radius 1 is 0.911 bits per heavy atom. The standard InChI is InChI=1S/C41H47N7O8/c1-24-15-16-26(21-29(24)45-37(51)32-14-10-19-47(32)38(52)34(46-39(53)55-5)25-11-7-6-8-12-25)33(49)23-42-36(50)27-17-18-28-30(22-27)44-35(43-28)31-13-9-20-48(31)40(54)56-41(2,3)4/h6-8,11-12,15-18,21-22,31-32,34H,9-10,13-14,19-20,23H2,1-5H3,(H,42,50)(H,43,44)(H,45,51)(H,46,53)/t31-,32-,34+/m0/s1. The summed E-state index contributed by atoms with van der Waals surface area (Å²) in [5.41, 5.74) is 2.85. The maximum atomic E-state index is 13.8. The molecule has 2 aliphatic heterocycles. The number of ether oxygens (including phenoxy) is 2. The first-order chi connectivity index (χ1) is 26.7. The predicted molar refractivity (Wildman–Crippen MR) is 207 cm³/mol. The van der Waals surface area contributed by atoms with Gasteiger partial charge in [0.1, 0.15) is 23.5 Å². The van der Waals surface area contributed by atoms with Crippen molar-refractivity contribution < 1.29 is 38.2 Å². The fourth-order valence-corrected chi connectivity index (χ4v) is 7.00.